The van der Waals surface area contributed by atoms with Gasteiger partial charge in [0.05, 0.1) is 5.52 Å². The highest BCUT2D eigenvalue weighted by molar-refractivity contribution is 8.23. The van der Waals surface area contributed by atoms with Gasteiger partial charge in [-0.25, -0.2) is 4.98 Å². The van der Waals surface area contributed by atoms with Gasteiger partial charge in [0.1, 0.15) is 16.2 Å². The fourth-order valence-corrected chi connectivity index (χ4v) is 5.18. The molecule has 0 bridgehead atoms. The summed E-state index contributed by atoms with van der Waals surface area (Å²) in [5.41, 5.74) is 0.952. The number of thioether (sulfide) groups is 1. The summed E-state index contributed by atoms with van der Waals surface area (Å²) in [6.07, 6.45) is 4.26. The lowest BCUT2D eigenvalue weighted by Crippen LogP contribution is -2.44. The number of nitrogens with one attached hydrogen (secondary N) is 3. The van der Waals surface area contributed by atoms with E-state index in [1.807, 2.05) is 37.2 Å². The summed E-state index contributed by atoms with van der Waals surface area (Å²) < 4.78 is 0.718. The molecule has 1 aromatic carbocycles. The molecule has 0 radical (unpaired) electrons. The van der Waals surface area contributed by atoms with Crippen LogP contribution in [0.4, 0.5) is 11.8 Å². The molecule has 1 aromatic heterocycles. The van der Waals surface area contributed by atoms with Crippen molar-refractivity contribution in [1.82, 2.24) is 20.6 Å². The van der Waals surface area contributed by atoms with Crippen LogP contribution in [0.25, 0.3) is 10.9 Å². The number of hydrogen-bond donors (Lipinski definition) is 3. The highest BCUT2D eigenvalue weighted by Crippen LogP contribution is 2.28. The van der Waals surface area contributed by atoms with Crippen LogP contribution in [0.5, 0.6) is 0 Å². The Bertz CT molecular complexity index is 929. The second-order valence-corrected chi connectivity index (χ2v) is 9.88. The van der Waals surface area contributed by atoms with Crippen LogP contribution >= 0.6 is 24.0 Å². The minimum absolute atomic E-state index is 0.0587. The van der Waals surface area contributed by atoms with E-state index in [1.54, 1.807) is 0 Å². The van der Waals surface area contributed by atoms with Crippen LogP contribution in [0.1, 0.15) is 25.7 Å². The molecule has 7 nitrogen and oxygen atoms in total. The van der Waals surface area contributed by atoms with Crippen molar-refractivity contribution in [3.05, 3.63) is 24.3 Å². The van der Waals surface area contributed by atoms with Gasteiger partial charge < -0.3 is 20.9 Å². The third-order valence-electron chi connectivity index (χ3n) is 5.74. The van der Waals surface area contributed by atoms with Gasteiger partial charge in [-0.15, -0.1) is 0 Å². The highest BCUT2D eigenvalue weighted by Gasteiger charge is 2.27. The first kappa shape index (κ1) is 21.1. The first-order valence-corrected chi connectivity index (χ1v) is 11.8. The first-order chi connectivity index (χ1) is 14.5. The van der Waals surface area contributed by atoms with Gasteiger partial charge in [0.25, 0.3) is 0 Å². The third kappa shape index (κ3) is 4.95. The molecule has 160 valence electrons. The van der Waals surface area contributed by atoms with Crippen LogP contribution in [0, 0.1) is 5.92 Å². The number of carbonyl (C=O) groups is 1. The van der Waals surface area contributed by atoms with Gasteiger partial charge in [0, 0.05) is 37.8 Å². The molecule has 3 N–H and O–H groups in total. The standard InChI is InChI=1S/C21H28N6OS2/c1-27(2)18-15-5-3-4-6-16(15)24-20(26-18)23-14-9-7-13(8-10-14)11-22-19(28)17-12-30-21(29)25-17/h3-6,13-14,17H,7-12H2,1-2H3,(H,22,28)(H,25,29)(H,23,24,26)/t13-,14+,17?. The minimum Gasteiger partial charge on any atom is -0.362 e. The molecule has 2 aromatic rings. The number of amides is 1. The molecule has 1 amide bonds. The highest BCUT2D eigenvalue weighted by atomic mass is 32.2. The molecule has 1 saturated heterocycles. The molecule has 2 aliphatic rings. The number of aromatic nitrogens is 2. The minimum atomic E-state index is -0.184. The Hall–Kier alpha value is -2.13. The topological polar surface area (TPSA) is 82.2 Å². The molecule has 1 aliphatic heterocycles. The SMILES string of the molecule is CN(C)c1nc(N[C@H]2CC[C@@H](CNC(=O)C3CSC(=S)N3)CC2)nc2ccccc12. The van der Waals surface area contributed by atoms with Gasteiger partial charge in [0.15, 0.2) is 0 Å². The van der Waals surface area contributed by atoms with Gasteiger partial charge in [-0.3, -0.25) is 4.79 Å². The van der Waals surface area contributed by atoms with Gasteiger partial charge in [-0.2, -0.15) is 4.98 Å². The van der Waals surface area contributed by atoms with Crippen molar-refractivity contribution in [1.29, 1.82) is 0 Å². The fourth-order valence-electron chi connectivity index (χ4n) is 4.05. The molecular weight excluding hydrogens is 416 g/mol. The Morgan fingerprint density at radius 1 is 1.23 bits per heavy atom. The molecule has 1 aliphatic carbocycles. The molecule has 4 rings (SSSR count). The van der Waals surface area contributed by atoms with E-state index >= 15 is 0 Å². The number of para-hydroxylation sites is 1. The van der Waals surface area contributed by atoms with Gasteiger partial charge in [0.2, 0.25) is 11.9 Å². The van der Waals surface area contributed by atoms with E-state index in [0.717, 1.165) is 59.0 Å². The maximum absolute atomic E-state index is 12.3. The number of fused-ring (bicyclic) bond motifs is 1. The predicted octanol–water partition coefficient (Wildman–Crippen LogP) is 2.77. The largest absolute Gasteiger partial charge is 0.362 e. The summed E-state index contributed by atoms with van der Waals surface area (Å²) in [6, 6.07) is 8.28. The van der Waals surface area contributed by atoms with E-state index in [2.05, 4.69) is 22.0 Å². The summed E-state index contributed by atoms with van der Waals surface area (Å²) in [5, 5.41) is 10.7. The molecule has 1 unspecified atom stereocenters. The molecule has 0 spiro atoms. The van der Waals surface area contributed by atoms with Gasteiger partial charge >= 0.3 is 0 Å². The van der Waals surface area contributed by atoms with Gasteiger partial charge in [-0.05, 0) is 43.7 Å². The zero-order chi connectivity index (χ0) is 21.1. The van der Waals surface area contributed by atoms with E-state index in [-0.39, 0.29) is 11.9 Å². The van der Waals surface area contributed by atoms with E-state index < -0.39 is 0 Å². The number of rotatable bonds is 6. The van der Waals surface area contributed by atoms with Crippen LogP contribution in [-0.4, -0.2) is 58.7 Å². The maximum atomic E-state index is 12.3. The summed E-state index contributed by atoms with van der Waals surface area (Å²) in [6.45, 7) is 0.735. The first-order valence-electron chi connectivity index (χ1n) is 10.4. The average Bonchev–Trinajstić information content (AvgIpc) is 3.19. The number of nitrogens with zero attached hydrogens (tertiary/aromatic N) is 3. The van der Waals surface area contributed by atoms with Gasteiger partial charge in [-0.1, -0.05) is 36.1 Å². The molecule has 1 saturated carbocycles. The normalized spacial score (nSPS) is 23.8. The third-order valence-corrected chi connectivity index (χ3v) is 7.09. The van der Waals surface area contributed by atoms with Crippen molar-refractivity contribution in [3.8, 4) is 0 Å². The van der Waals surface area contributed by atoms with E-state index in [1.165, 1.54) is 11.8 Å². The average molecular weight is 445 g/mol. The molecule has 2 heterocycles. The van der Waals surface area contributed by atoms with Crippen molar-refractivity contribution in [2.24, 2.45) is 5.92 Å². The Kier molecular flexibility index (Phi) is 6.58. The molecular formula is C21H28N6OS2. The summed E-state index contributed by atoms with van der Waals surface area (Å²) in [7, 11) is 4.01. The van der Waals surface area contributed by atoms with Crippen molar-refractivity contribution < 1.29 is 4.79 Å². The van der Waals surface area contributed by atoms with Crippen molar-refractivity contribution >= 4 is 56.9 Å². The number of benzene rings is 1. The number of hydrogen-bond acceptors (Lipinski definition) is 7. The molecule has 9 heteroatoms. The lowest BCUT2D eigenvalue weighted by molar-refractivity contribution is -0.122. The lowest BCUT2D eigenvalue weighted by atomic mass is 9.86. The Labute approximate surface area is 186 Å². The van der Waals surface area contributed by atoms with Crippen molar-refractivity contribution in [3.63, 3.8) is 0 Å². The number of anilines is 2. The summed E-state index contributed by atoms with van der Waals surface area (Å²) in [5.74, 6) is 2.92. The zero-order valence-electron chi connectivity index (χ0n) is 17.4. The van der Waals surface area contributed by atoms with Crippen molar-refractivity contribution in [2.75, 3.05) is 36.6 Å². The van der Waals surface area contributed by atoms with Crippen molar-refractivity contribution in [2.45, 2.75) is 37.8 Å². The van der Waals surface area contributed by atoms with Crippen LogP contribution in [0.2, 0.25) is 0 Å². The maximum Gasteiger partial charge on any atom is 0.243 e. The Morgan fingerprint density at radius 2 is 2.00 bits per heavy atom. The number of carbonyl (C=O) groups excluding carboxylic acids is 1. The molecule has 2 fully saturated rings. The zero-order valence-corrected chi connectivity index (χ0v) is 19.0. The Morgan fingerprint density at radius 3 is 2.70 bits per heavy atom. The van der Waals surface area contributed by atoms with E-state index in [0.29, 0.717) is 17.9 Å². The fraction of sp³-hybridized carbons (Fsp3) is 0.524. The predicted molar refractivity (Wildman–Crippen MR) is 128 cm³/mol. The second kappa shape index (κ2) is 9.34. The summed E-state index contributed by atoms with van der Waals surface area (Å²) in [4.78, 5) is 23.7. The van der Waals surface area contributed by atoms with Crippen LogP contribution < -0.4 is 20.9 Å². The molecule has 30 heavy (non-hydrogen) atoms. The lowest BCUT2D eigenvalue weighted by Gasteiger charge is -2.29. The Balaban J connectivity index is 1.30. The van der Waals surface area contributed by atoms with Crippen LogP contribution in [0.15, 0.2) is 24.3 Å². The summed E-state index contributed by atoms with van der Waals surface area (Å²) >= 11 is 6.63. The number of thiocarbonyl (C=S) groups is 1. The van der Waals surface area contributed by atoms with E-state index in [9.17, 15) is 4.79 Å². The monoisotopic (exact) mass is 444 g/mol. The molecule has 1 atom stereocenters. The van der Waals surface area contributed by atoms with Crippen LogP contribution in [0.3, 0.4) is 0 Å². The smallest absolute Gasteiger partial charge is 0.243 e. The quantitative estimate of drug-likeness (QED) is 0.587. The van der Waals surface area contributed by atoms with Crippen LogP contribution in [-0.2, 0) is 4.79 Å². The second-order valence-electron chi connectivity index (χ2n) is 8.18. The van der Waals surface area contributed by atoms with E-state index in [4.69, 9.17) is 22.2 Å².